The van der Waals surface area contributed by atoms with Crippen LogP contribution in [0.4, 0.5) is 5.69 Å². The predicted octanol–water partition coefficient (Wildman–Crippen LogP) is 0.971. The Morgan fingerprint density at radius 3 is 2.77 bits per heavy atom. The Kier molecular flexibility index (Phi) is 4.89. The number of anilines is 1. The van der Waals surface area contributed by atoms with Gasteiger partial charge in [-0.3, -0.25) is 9.48 Å². The van der Waals surface area contributed by atoms with E-state index in [9.17, 15) is 9.59 Å². The average Bonchev–Trinajstić information content (AvgIpc) is 3.13. The quantitative estimate of drug-likeness (QED) is 0.788. The maximum Gasteiger partial charge on any atom is 0.338 e. The minimum Gasteiger partial charge on any atom is -0.478 e. The summed E-state index contributed by atoms with van der Waals surface area (Å²) < 4.78 is 8.05. The molecule has 22 heavy (non-hydrogen) atoms. The summed E-state index contributed by atoms with van der Waals surface area (Å²) in [5.41, 5.74) is 0.561. The smallest absolute Gasteiger partial charge is 0.338 e. The molecule has 0 spiro atoms. The van der Waals surface area contributed by atoms with Gasteiger partial charge < -0.3 is 15.2 Å². The average molecular weight is 307 g/mol. The van der Waals surface area contributed by atoms with Gasteiger partial charge >= 0.3 is 5.97 Å². The molecule has 0 aromatic carbocycles. The zero-order valence-electron chi connectivity index (χ0n) is 12.3. The van der Waals surface area contributed by atoms with E-state index in [1.807, 2.05) is 6.92 Å². The molecule has 2 aromatic rings. The molecule has 0 radical (unpaired) electrons. The summed E-state index contributed by atoms with van der Waals surface area (Å²) in [6.07, 6.45) is 5.67. The zero-order valence-corrected chi connectivity index (χ0v) is 12.3. The highest BCUT2D eigenvalue weighted by molar-refractivity contribution is 5.93. The SMILES string of the molecule is CCOCn1cc(NC(=O)C(C)n2cc(C(=O)O)cn2)cn1. The van der Waals surface area contributed by atoms with Crippen LogP contribution in [0.2, 0.25) is 0 Å². The van der Waals surface area contributed by atoms with Crippen molar-refractivity contribution in [1.82, 2.24) is 19.6 Å². The number of aromatic carboxylic acids is 1. The van der Waals surface area contributed by atoms with E-state index in [-0.39, 0.29) is 11.5 Å². The highest BCUT2D eigenvalue weighted by Crippen LogP contribution is 2.12. The van der Waals surface area contributed by atoms with Crippen LogP contribution < -0.4 is 5.32 Å². The molecule has 1 atom stereocenters. The summed E-state index contributed by atoms with van der Waals surface area (Å²) in [4.78, 5) is 22.9. The van der Waals surface area contributed by atoms with Gasteiger partial charge in [-0.15, -0.1) is 0 Å². The largest absolute Gasteiger partial charge is 0.478 e. The molecule has 0 saturated heterocycles. The Morgan fingerprint density at radius 2 is 2.14 bits per heavy atom. The molecule has 118 valence electrons. The second kappa shape index (κ2) is 6.85. The normalized spacial score (nSPS) is 12.1. The standard InChI is InChI=1S/C13H17N5O4/c1-3-22-8-17-7-11(5-14-17)16-12(19)9(2)18-6-10(4-15-18)13(20)21/h4-7,9H,3,8H2,1-2H3,(H,16,19)(H,20,21). The van der Waals surface area contributed by atoms with Crippen LogP contribution >= 0.6 is 0 Å². The lowest BCUT2D eigenvalue weighted by atomic mass is 10.3. The first-order valence-electron chi connectivity index (χ1n) is 6.69. The molecule has 2 heterocycles. The number of hydrogen-bond acceptors (Lipinski definition) is 5. The van der Waals surface area contributed by atoms with E-state index in [1.165, 1.54) is 23.3 Å². The third-order valence-electron chi connectivity index (χ3n) is 2.95. The minimum absolute atomic E-state index is 0.0317. The number of carbonyl (C=O) groups excluding carboxylic acids is 1. The summed E-state index contributed by atoms with van der Waals surface area (Å²) in [6, 6.07) is -0.650. The van der Waals surface area contributed by atoms with Crippen LogP contribution in [-0.2, 0) is 16.3 Å². The summed E-state index contributed by atoms with van der Waals surface area (Å²) >= 11 is 0. The van der Waals surface area contributed by atoms with Gasteiger partial charge in [0, 0.05) is 12.8 Å². The molecule has 0 bridgehead atoms. The van der Waals surface area contributed by atoms with Crippen LogP contribution in [-0.4, -0.2) is 43.2 Å². The molecule has 0 fully saturated rings. The zero-order chi connectivity index (χ0) is 16.1. The Labute approximate surface area is 126 Å². The van der Waals surface area contributed by atoms with E-state index in [1.54, 1.807) is 17.8 Å². The van der Waals surface area contributed by atoms with Crippen LogP contribution in [0.5, 0.6) is 0 Å². The molecule has 2 N–H and O–H groups in total. The van der Waals surface area contributed by atoms with Crippen LogP contribution in [0.3, 0.4) is 0 Å². The molecular weight excluding hydrogens is 290 g/mol. The van der Waals surface area contributed by atoms with E-state index >= 15 is 0 Å². The van der Waals surface area contributed by atoms with Gasteiger partial charge in [0.2, 0.25) is 5.91 Å². The molecule has 9 nitrogen and oxygen atoms in total. The van der Waals surface area contributed by atoms with E-state index < -0.39 is 12.0 Å². The fourth-order valence-corrected chi connectivity index (χ4v) is 1.71. The molecule has 0 aliphatic heterocycles. The van der Waals surface area contributed by atoms with Gasteiger partial charge in [-0.25, -0.2) is 9.48 Å². The summed E-state index contributed by atoms with van der Waals surface area (Å²) in [7, 11) is 0. The number of aromatic nitrogens is 4. The third kappa shape index (κ3) is 3.70. The van der Waals surface area contributed by atoms with E-state index in [0.29, 0.717) is 19.0 Å². The van der Waals surface area contributed by atoms with Gasteiger partial charge in [-0.1, -0.05) is 0 Å². The maximum absolute atomic E-state index is 12.1. The van der Waals surface area contributed by atoms with Crippen molar-refractivity contribution in [3.8, 4) is 0 Å². The molecule has 1 amide bonds. The van der Waals surface area contributed by atoms with Crippen LogP contribution in [0.15, 0.2) is 24.8 Å². The van der Waals surface area contributed by atoms with Gasteiger partial charge in [0.05, 0.1) is 29.8 Å². The molecule has 0 saturated carbocycles. The molecule has 1 unspecified atom stereocenters. The predicted molar refractivity (Wildman–Crippen MR) is 76.4 cm³/mol. The van der Waals surface area contributed by atoms with Crippen LogP contribution in [0, 0.1) is 0 Å². The number of nitrogens with one attached hydrogen (secondary N) is 1. The first-order chi connectivity index (χ1) is 10.5. The lowest BCUT2D eigenvalue weighted by Gasteiger charge is -2.11. The minimum atomic E-state index is -1.09. The first-order valence-corrected chi connectivity index (χ1v) is 6.69. The fourth-order valence-electron chi connectivity index (χ4n) is 1.71. The molecule has 0 aliphatic carbocycles. The number of nitrogens with zero attached hydrogens (tertiary/aromatic N) is 4. The molecule has 2 aromatic heterocycles. The summed E-state index contributed by atoms with van der Waals surface area (Å²) in [5.74, 6) is -1.41. The molecular formula is C13H17N5O4. The maximum atomic E-state index is 12.1. The Morgan fingerprint density at radius 1 is 1.36 bits per heavy atom. The molecule has 0 aliphatic rings. The number of amides is 1. The Bertz CT molecular complexity index is 663. The van der Waals surface area contributed by atoms with Gasteiger partial charge in [0.15, 0.2) is 0 Å². The number of carboxylic acid groups (broad SMARTS) is 1. The van der Waals surface area contributed by atoms with Crippen LogP contribution in [0.1, 0.15) is 30.2 Å². The number of rotatable bonds is 7. The van der Waals surface area contributed by atoms with Crippen molar-refractivity contribution in [2.45, 2.75) is 26.6 Å². The van der Waals surface area contributed by atoms with Crippen molar-refractivity contribution in [1.29, 1.82) is 0 Å². The van der Waals surface area contributed by atoms with E-state index in [4.69, 9.17) is 9.84 Å². The number of carbonyl (C=O) groups is 2. The first kappa shape index (κ1) is 15.7. The highest BCUT2D eigenvalue weighted by Gasteiger charge is 2.18. The molecule has 2 rings (SSSR count). The lowest BCUT2D eigenvalue weighted by Crippen LogP contribution is -2.23. The van der Waals surface area contributed by atoms with Crippen molar-refractivity contribution in [2.75, 3.05) is 11.9 Å². The van der Waals surface area contributed by atoms with Gasteiger partial charge in [-0.2, -0.15) is 10.2 Å². The second-order valence-corrected chi connectivity index (χ2v) is 4.57. The summed E-state index contributed by atoms with van der Waals surface area (Å²) in [5, 5.41) is 19.5. The Balaban J connectivity index is 1.98. The summed E-state index contributed by atoms with van der Waals surface area (Å²) in [6.45, 7) is 4.38. The van der Waals surface area contributed by atoms with Gasteiger partial charge in [0.25, 0.3) is 0 Å². The number of hydrogen-bond donors (Lipinski definition) is 2. The van der Waals surface area contributed by atoms with E-state index in [2.05, 4.69) is 15.5 Å². The topological polar surface area (TPSA) is 111 Å². The monoisotopic (exact) mass is 307 g/mol. The van der Waals surface area contributed by atoms with Crippen molar-refractivity contribution in [3.63, 3.8) is 0 Å². The fraction of sp³-hybridized carbons (Fsp3) is 0.385. The van der Waals surface area contributed by atoms with E-state index in [0.717, 1.165) is 0 Å². The second-order valence-electron chi connectivity index (χ2n) is 4.57. The van der Waals surface area contributed by atoms with Gasteiger partial charge in [0.1, 0.15) is 12.8 Å². The third-order valence-corrected chi connectivity index (χ3v) is 2.95. The van der Waals surface area contributed by atoms with Crippen LogP contribution in [0.25, 0.3) is 0 Å². The molecule has 9 heteroatoms. The van der Waals surface area contributed by atoms with Crippen molar-refractivity contribution < 1.29 is 19.4 Å². The van der Waals surface area contributed by atoms with Gasteiger partial charge in [-0.05, 0) is 13.8 Å². The highest BCUT2D eigenvalue weighted by atomic mass is 16.5. The number of carboxylic acids is 1. The van der Waals surface area contributed by atoms with Crippen molar-refractivity contribution >= 4 is 17.6 Å². The van der Waals surface area contributed by atoms with Crippen molar-refractivity contribution in [3.05, 3.63) is 30.4 Å². The van der Waals surface area contributed by atoms with Crippen molar-refractivity contribution in [2.24, 2.45) is 0 Å². The number of ether oxygens (including phenoxy) is 1. The Hall–Kier alpha value is -2.68. The lowest BCUT2D eigenvalue weighted by molar-refractivity contribution is -0.119.